The van der Waals surface area contributed by atoms with E-state index in [1.807, 2.05) is 25.5 Å². The van der Waals surface area contributed by atoms with Crippen LogP contribution in [0.3, 0.4) is 0 Å². The third kappa shape index (κ3) is 5.27. The second kappa shape index (κ2) is 6.50. The summed E-state index contributed by atoms with van der Waals surface area (Å²) >= 11 is 0. The maximum Gasteiger partial charge on any atom is 0.146 e. The monoisotopic (exact) mass is 248 g/mol. The highest BCUT2D eigenvalue weighted by atomic mass is 15.2. The van der Waals surface area contributed by atoms with E-state index < -0.39 is 0 Å². The first-order valence-electron chi connectivity index (χ1n) is 6.30. The van der Waals surface area contributed by atoms with Crippen LogP contribution < -0.4 is 10.2 Å². The van der Waals surface area contributed by atoms with Crippen molar-refractivity contribution in [1.82, 2.24) is 15.3 Å². The van der Waals surface area contributed by atoms with Crippen LogP contribution in [0.2, 0.25) is 0 Å². The lowest BCUT2D eigenvalue weighted by Crippen LogP contribution is -2.35. The van der Waals surface area contributed by atoms with Crippen LogP contribution in [-0.4, -0.2) is 29.1 Å². The fourth-order valence-corrected chi connectivity index (χ4v) is 1.39. The first-order valence-corrected chi connectivity index (χ1v) is 6.30. The van der Waals surface area contributed by atoms with Gasteiger partial charge < -0.3 is 10.2 Å². The average molecular weight is 248 g/mol. The molecule has 0 bridgehead atoms. The fraction of sp³-hybridized carbons (Fsp3) is 0.571. The van der Waals surface area contributed by atoms with E-state index in [0.717, 1.165) is 31.0 Å². The molecule has 0 aliphatic heterocycles. The van der Waals surface area contributed by atoms with Gasteiger partial charge in [-0.3, -0.25) is 4.98 Å². The van der Waals surface area contributed by atoms with Gasteiger partial charge in [-0.15, -0.1) is 6.58 Å². The molecule has 0 radical (unpaired) electrons. The summed E-state index contributed by atoms with van der Waals surface area (Å²) in [5.41, 5.74) is 1.06. The lowest BCUT2D eigenvalue weighted by atomic mass is 10.1. The van der Waals surface area contributed by atoms with E-state index in [2.05, 4.69) is 47.5 Å². The van der Waals surface area contributed by atoms with Crippen molar-refractivity contribution in [3.63, 3.8) is 0 Å². The predicted molar refractivity (Wildman–Crippen MR) is 76.7 cm³/mol. The van der Waals surface area contributed by atoms with Crippen molar-refractivity contribution in [3.8, 4) is 0 Å². The van der Waals surface area contributed by atoms with E-state index in [1.165, 1.54) is 0 Å². The minimum Gasteiger partial charge on any atom is -0.358 e. The SMILES string of the molecule is C=CCCN(C)c1cnc(CNC(C)(C)C)cn1. The van der Waals surface area contributed by atoms with Crippen LogP contribution in [0.25, 0.3) is 0 Å². The van der Waals surface area contributed by atoms with Gasteiger partial charge in [-0.25, -0.2) is 4.98 Å². The van der Waals surface area contributed by atoms with Crippen LogP contribution in [0.15, 0.2) is 25.0 Å². The molecule has 0 saturated heterocycles. The number of aromatic nitrogens is 2. The summed E-state index contributed by atoms with van der Waals surface area (Å²) in [5, 5.41) is 3.39. The smallest absolute Gasteiger partial charge is 0.146 e. The maximum atomic E-state index is 4.42. The molecule has 100 valence electrons. The Morgan fingerprint density at radius 1 is 1.33 bits per heavy atom. The Kier molecular flexibility index (Phi) is 5.28. The number of nitrogens with zero attached hydrogens (tertiary/aromatic N) is 3. The predicted octanol–water partition coefficient (Wildman–Crippen LogP) is 2.38. The highest BCUT2D eigenvalue weighted by molar-refractivity contribution is 5.34. The van der Waals surface area contributed by atoms with E-state index in [4.69, 9.17) is 0 Å². The van der Waals surface area contributed by atoms with Gasteiger partial charge in [0.1, 0.15) is 5.82 Å². The molecule has 18 heavy (non-hydrogen) atoms. The van der Waals surface area contributed by atoms with E-state index in [-0.39, 0.29) is 5.54 Å². The highest BCUT2D eigenvalue weighted by Crippen LogP contribution is 2.08. The van der Waals surface area contributed by atoms with E-state index in [1.54, 1.807) is 0 Å². The summed E-state index contributed by atoms with van der Waals surface area (Å²) in [6.07, 6.45) is 6.51. The summed E-state index contributed by atoms with van der Waals surface area (Å²) in [6, 6.07) is 0. The zero-order valence-corrected chi connectivity index (χ0v) is 11.9. The molecule has 1 aromatic rings. The molecule has 0 aliphatic rings. The molecule has 1 N–H and O–H groups in total. The molecule has 0 aliphatic carbocycles. The second-order valence-corrected chi connectivity index (χ2v) is 5.47. The molecule has 1 aromatic heterocycles. The minimum atomic E-state index is 0.0983. The van der Waals surface area contributed by atoms with Crippen LogP contribution in [0, 0.1) is 0 Å². The number of hydrogen-bond acceptors (Lipinski definition) is 4. The summed E-state index contributed by atoms with van der Waals surface area (Å²) in [7, 11) is 2.01. The number of hydrogen-bond donors (Lipinski definition) is 1. The quantitative estimate of drug-likeness (QED) is 0.785. The van der Waals surface area contributed by atoms with Crippen LogP contribution in [-0.2, 0) is 6.54 Å². The number of nitrogens with one attached hydrogen (secondary N) is 1. The fourth-order valence-electron chi connectivity index (χ4n) is 1.39. The zero-order valence-electron chi connectivity index (χ0n) is 11.9. The van der Waals surface area contributed by atoms with Crippen molar-refractivity contribution in [2.75, 3.05) is 18.5 Å². The zero-order chi connectivity index (χ0) is 13.6. The van der Waals surface area contributed by atoms with Crippen molar-refractivity contribution in [2.45, 2.75) is 39.3 Å². The maximum absolute atomic E-state index is 4.42. The van der Waals surface area contributed by atoms with Gasteiger partial charge >= 0.3 is 0 Å². The molecule has 4 nitrogen and oxygen atoms in total. The van der Waals surface area contributed by atoms with Gasteiger partial charge in [0.25, 0.3) is 0 Å². The summed E-state index contributed by atoms with van der Waals surface area (Å²) in [5.74, 6) is 0.899. The Hall–Kier alpha value is -1.42. The van der Waals surface area contributed by atoms with Gasteiger partial charge in [0, 0.05) is 25.7 Å². The van der Waals surface area contributed by atoms with Gasteiger partial charge in [0.2, 0.25) is 0 Å². The largest absolute Gasteiger partial charge is 0.358 e. The lowest BCUT2D eigenvalue weighted by molar-refractivity contribution is 0.421. The Bertz CT molecular complexity index is 364. The molecule has 4 heteroatoms. The van der Waals surface area contributed by atoms with E-state index >= 15 is 0 Å². The molecule has 0 amide bonds. The van der Waals surface area contributed by atoms with Crippen molar-refractivity contribution in [3.05, 3.63) is 30.7 Å². The van der Waals surface area contributed by atoms with Gasteiger partial charge in [-0.1, -0.05) is 6.08 Å². The van der Waals surface area contributed by atoms with Gasteiger partial charge in [-0.05, 0) is 27.2 Å². The molecule has 0 saturated carbocycles. The average Bonchev–Trinajstić information content (AvgIpc) is 2.33. The first kappa shape index (κ1) is 14.6. The van der Waals surface area contributed by atoms with Crippen LogP contribution in [0.4, 0.5) is 5.82 Å². The summed E-state index contributed by atoms with van der Waals surface area (Å²) < 4.78 is 0. The molecule has 0 atom stereocenters. The van der Waals surface area contributed by atoms with Crippen LogP contribution in [0.1, 0.15) is 32.9 Å². The third-order valence-corrected chi connectivity index (χ3v) is 2.55. The molecular formula is C14H24N4. The molecule has 1 rings (SSSR count). The van der Waals surface area contributed by atoms with Gasteiger partial charge in [0.05, 0.1) is 18.1 Å². The topological polar surface area (TPSA) is 41.1 Å². The molecule has 0 unspecified atom stereocenters. The second-order valence-electron chi connectivity index (χ2n) is 5.47. The molecular weight excluding hydrogens is 224 g/mol. The Morgan fingerprint density at radius 3 is 2.56 bits per heavy atom. The Balaban J connectivity index is 2.54. The third-order valence-electron chi connectivity index (χ3n) is 2.55. The van der Waals surface area contributed by atoms with E-state index in [0.29, 0.717) is 0 Å². The lowest BCUT2D eigenvalue weighted by Gasteiger charge is -2.20. The highest BCUT2D eigenvalue weighted by Gasteiger charge is 2.09. The Morgan fingerprint density at radius 2 is 2.06 bits per heavy atom. The van der Waals surface area contributed by atoms with E-state index in [9.17, 15) is 0 Å². The molecule has 0 fully saturated rings. The minimum absolute atomic E-state index is 0.0983. The van der Waals surface area contributed by atoms with Crippen molar-refractivity contribution in [1.29, 1.82) is 0 Å². The van der Waals surface area contributed by atoms with Crippen LogP contribution in [0.5, 0.6) is 0 Å². The van der Waals surface area contributed by atoms with Crippen molar-refractivity contribution >= 4 is 5.82 Å². The Labute approximate surface area is 110 Å². The van der Waals surface area contributed by atoms with Crippen molar-refractivity contribution in [2.24, 2.45) is 0 Å². The molecule has 1 heterocycles. The molecule has 0 aromatic carbocycles. The van der Waals surface area contributed by atoms with Crippen LogP contribution >= 0.6 is 0 Å². The number of anilines is 1. The van der Waals surface area contributed by atoms with Gasteiger partial charge in [-0.2, -0.15) is 0 Å². The normalized spacial score (nSPS) is 11.3. The van der Waals surface area contributed by atoms with Gasteiger partial charge in [0.15, 0.2) is 0 Å². The summed E-state index contributed by atoms with van der Waals surface area (Å²) in [4.78, 5) is 10.9. The first-order chi connectivity index (χ1) is 8.42. The standard InChI is InChI=1S/C14H24N4/c1-6-7-8-18(5)13-11-15-12(9-16-13)10-17-14(2,3)4/h6,9,11,17H,1,7-8,10H2,2-5H3. The molecule has 0 spiro atoms. The number of rotatable bonds is 6. The summed E-state index contributed by atoms with van der Waals surface area (Å²) in [6.45, 7) is 11.8. The van der Waals surface area contributed by atoms with Crippen molar-refractivity contribution < 1.29 is 0 Å².